The highest BCUT2D eigenvalue weighted by Crippen LogP contribution is 2.15. The van der Waals surface area contributed by atoms with Gasteiger partial charge in [-0.15, -0.1) is 0 Å². The Morgan fingerprint density at radius 3 is 2.87 bits per heavy atom. The zero-order chi connectivity index (χ0) is 16.7. The predicted octanol–water partition coefficient (Wildman–Crippen LogP) is 2.54. The number of benzene rings is 1. The zero-order valence-corrected chi connectivity index (χ0v) is 14.9. The van der Waals surface area contributed by atoms with Gasteiger partial charge in [0, 0.05) is 38.8 Å². The second-order valence-corrected chi connectivity index (χ2v) is 6.73. The molecule has 0 bridgehead atoms. The van der Waals surface area contributed by atoms with Crippen molar-refractivity contribution in [2.45, 2.75) is 45.8 Å². The van der Waals surface area contributed by atoms with E-state index >= 15 is 0 Å². The van der Waals surface area contributed by atoms with Crippen molar-refractivity contribution in [3.63, 3.8) is 0 Å². The molecule has 0 aliphatic carbocycles. The minimum Gasteiger partial charge on any atom is -0.494 e. The normalized spacial score (nSPS) is 21.3. The summed E-state index contributed by atoms with van der Waals surface area (Å²) in [5, 5.41) is 9.61. The number of nitrogens with zero attached hydrogens (tertiary/aromatic N) is 2. The monoisotopic (exact) mass is 320 g/mol. The summed E-state index contributed by atoms with van der Waals surface area (Å²) in [6.07, 6.45) is 1.96. The molecule has 0 aromatic heterocycles. The standard InChI is InChI=1S/C19H32N2O2/c1-4-18-15-20(10-11-21(18)14-17(3)22)9-6-12-23-19-8-5-7-16(2)13-19/h5,7-8,13,17-18,22H,4,6,9-12,14-15H2,1-3H3/t17-,18-/m1/s1. The van der Waals surface area contributed by atoms with Crippen molar-refractivity contribution in [1.29, 1.82) is 0 Å². The van der Waals surface area contributed by atoms with Crippen LogP contribution in [0.15, 0.2) is 24.3 Å². The van der Waals surface area contributed by atoms with Gasteiger partial charge in [0.1, 0.15) is 5.75 Å². The summed E-state index contributed by atoms with van der Waals surface area (Å²) in [6, 6.07) is 8.80. The Morgan fingerprint density at radius 1 is 1.35 bits per heavy atom. The van der Waals surface area contributed by atoms with Crippen LogP contribution >= 0.6 is 0 Å². The van der Waals surface area contributed by atoms with E-state index in [0.717, 1.165) is 57.9 Å². The molecule has 1 heterocycles. The van der Waals surface area contributed by atoms with Crippen molar-refractivity contribution in [3.8, 4) is 5.75 Å². The highest BCUT2D eigenvalue weighted by Gasteiger charge is 2.25. The van der Waals surface area contributed by atoms with Gasteiger partial charge in [0.05, 0.1) is 12.7 Å². The van der Waals surface area contributed by atoms with Gasteiger partial charge >= 0.3 is 0 Å². The van der Waals surface area contributed by atoms with Gasteiger partial charge in [0.15, 0.2) is 0 Å². The van der Waals surface area contributed by atoms with Crippen LogP contribution in [0.3, 0.4) is 0 Å². The van der Waals surface area contributed by atoms with Gasteiger partial charge in [-0.2, -0.15) is 0 Å². The van der Waals surface area contributed by atoms with Crippen LogP contribution in [-0.4, -0.2) is 66.4 Å². The van der Waals surface area contributed by atoms with Gasteiger partial charge in [-0.3, -0.25) is 4.90 Å². The molecule has 0 amide bonds. The highest BCUT2D eigenvalue weighted by atomic mass is 16.5. The molecule has 0 unspecified atom stereocenters. The van der Waals surface area contributed by atoms with Crippen molar-refractivity contribution in [3.05, 3.63) is 29.8 Å². The molecule has 23 heavy (non-hydrogen) atoms. The fraction of sp³-hybridized carbons (Fsp3) is 0.684. The zero-order valence-electron chi connectivity index (χ0n) is 14.9. The van der Waals surface area contributed by atoms with Crippen molar-refractivity contribution in [1.82, 2.24) is 9.80 Å². The molecule has 4 heteroatoms. The number of hydrogen-bond acceptors (Lipinski definition) is 4. The van der Waals surface area contributed by atoms with Crippen LogP contribution < -0.4 is 4.74 Å². The first kappa shape index (κ1) is 18.2. The second-order valence-electron chi connectivity index (χ2n) is 6.73. The number of ether oxygens (including phenoxy) is 1. The fourth-order valence-electron chi connectivity index (χ4n) is 3.31. The number of rotatable bonds is 8. The first-order valence-corrected chi connectivity index (χ1v) is 8.92. The third-order valence-electron chi connectivity index (χ3n) is 4.54. The van der Waals surface area contributed by atoms with Gasteiger partial charge in [-0.05, 0) is 44.4 Å². The first-order valence-electron chi connectivity index (χ1n) is 8.92. The quantitative estimate of drug-likeness (QED) is 0.747. The molecular formula is C19H32N2O2. The topological polar surface area (TPSA) is 35.9 Å². The van der Waals surface area contributed by atoms with E-state index in [-0.39, 0.29) is 6.10 Å². The largest absolute Gasteiger partial charge is 0.494 e. The number of aliphatic hydroxyl groups is 1. The fourth-order valence-corrected chi connectivity index (χ4v) is 3.31. The molecule has 2 atom stereocenters. The van der Waals surface area contributed by atoms with Crippen molar-refractivity contribution in [2.24, 2.45) is 0 Å². The second kappa shape index (κ2) is 9.26. The minimum atomic E-state index is -0.238. The van der Waals surface area contributed by atoms with Crippen LogP contribution in [0.5, 0.6) is 5.75 Å². The summed E-state index contributed by atoms with van der Waals surface area (Å²) in [5.41, 5.74) is 1.24. The Hall–Kier alpha value is -1.10. The Labute approximate surface area is 141 Å². The molecule has 0 radical (unpaired) electrons. The van der Waals surface area contributed by atoms with E-state index in [1.807, 2.05) is 19.1 Å². The van der Waals surface area contributed by atoms with Crippen LogP contribution in [0.2, 0.25) is 0 Å². The summed E-state index contributed by atoms with van der Waals surface area (Å²) < 4.78 is 5.83. The molecule has 1 aliphatic heterocycles. The molecule has 1 aromatic carbocycles. The van der Waals surface area contributed by atoms with Crippen LogP contribution in [0.1, 0.15) is 32.3 Å². The SMILES string of the molecule is CC[C@@H]1CN(CCCOc2cccc(C)c2)CCN1C[C@@H](C)O. The molecular weight excluding hydrogens is 288 g/mol. The lowest BCUT2D eigenvalue weighted by molar-refractivity contribution is 0.0351. The lowest BCUT2D eigenvalue weighted by Crippen LogP contribution is -2.54. The summed E-state index contributed by atoms with van der Waals surface area (Å²) in [6.45, 7) is 12.1. The maximum Gasteiger partial charge on any atom is 0.119 e. The van der Waals surface area contributed by atoms with E-state index in [4.69, 9.17) is 4.74 Å². The van der Waals surface area contributed by atoms with Gasteiger partial charge in [0.2, 0.25) is 0 Å². The molecule has 1 N–H and O–H groups in total. The number of aliphatic hydroxyl groups excluding tert-OH is 1. The molecule has 0 saturated carbocycles. The lowest BCUT2D eigenvalue weighted by Gasteiger charge is -2.41. The third-order valence-corrected chi connectivity index (χ3v) is 4.54. The molecule has 1 aromatic rings. The number of β-amino-alcohol motifs (C(OH)–C–C–N with tert-alkyl or cyclic N) is 1. The predicted molar refractivity (Wildman–Crippen MR) is 95.1 cm³/mol. The molecule has 1 fully saturated rings. The van der Waals surface area contributed by atoms with Crippen LogP contribution in [0, 0.1) is 6.92 Å². The van der Waals surface area contributed by atoms with E-state index in [1.165, 1.54) is 5.56 Å². The Kier molecular flexibility index (Phi) is 7.34. The molecule has 0 spiro atoms. The van der Waals surface area contributed by atoms with Crippen LogP contribution in [-0.2, 0) is 0 Å². The highest BCUT2D eigenvalue weighted by molar-refractivity contribution is 5.27. The number of piperazine rings is 1. The third kappa shape index (κ3) is 6.13. The Balaban J connectivity index is 1.68. The van der Waals surface area contributed by atoms with Gasteiger partial charge in [-0.25, -0.2) is 0 Å². The van der Waals surface area contributed by atoms with E-state index < -0.39 is 0 Å². The van der Waals surface area contributed by atoms with E-state index in [0.29, 0.717) is 6.04 Å². The average molecular weight is 320 g/mol. The van der Waals surface area contributed by atoms with E-state index in [2.05, 4.69) is 35.8 Å². The average Bonchev–Trinajstić information content (AvgIpc) is 2.52. The van der Waals surface area contributed by atoms with Gasteiger partial charge in [0.25, 0.3) is 0 Å². The van der Waals surface area contributed by atoms with Gasteiger partial charge < -0.3 is 14.7 Å². The summed E-state index contributed by atoms with van der Waals surface area (Å²) in [5.74, 6) is 0.971. The molecule has 1 saturated heterocycles. The number of aryl methyl sites for hydroxylation is 1. The van der Waals surface area contributed by atoms with Crippen LogP contribution in [0.25, 0.3) is 0 Å². The van der Waals surface area contributed by atoms with E-state index in [1.54, 1.807) is 0 Å². The smallest absolute Gasteiger partial charge is 0.119 e. The minimum absolute atomic E-state index is 0.238. The molecule has 1 aliphatic rings. The first-order chi connectivity index (χ1) is 11.1. The summed E-state index contributed by atoms with van der Waals surface area (Å²) in [7, 11) is 0. The maximum atomic E-state index is 9.61. The van der Waals surface area contributed by atoms with Crippen molar-refractivity contribution in [2.75, 3.05) is 39.3 Å². The molecule has 2 rings (SSSR count). The van der Waals surface area contributed by atoms with Gasteiger partial charge in [-0.1, -0.05) is 19.1 Å². The maximum absolute atomic E-state index is 9.61. The molecule has 4 nitrogen and oxygen atoms in total. The van der Waals surface area contributed by atoms with Crippen molar-refractivity contribution >= 4 is 0 Å². The lowest BCUT2D eigenvalue weighted by atomic mass is 10.1. The summed E-state index contributed by atoms with van der Waals surface area (Å²) in [4.78, 5) is 4.97. The van der Waals surface area contributed by atoms with Crippen LogP contribution in [0.4, 0.5) is 0 Å². The summed E-state index contributed by atoms with van der Waals surface area (Å²) >= 11 is 0. The van der Waals surface area contributed by atoms with Crippen molar-refractivity contribution < 1.29 is 9.84 Å². The number of hydrogen-bond donors (Lipinski definition) is 1. The Morgan fingerprint density at radius 2 is 2.17 bits per heavy atom. The Bertz CT molecular complexity index is 464. The van der Waals surface area contributed by atoms with E-state index in [9.17, 15) is 5.11 Å². The molecule has 130 valence electrons.